The van der Waals surface area contributed by atoms with Crippen molar-refractivity contribution in [2.45, 2.75) is 26.7 Å². The van der Waals surface area contributed by atoms with Crippen LogP contribution < -0.4 is 10.6 Å². The van der Waals surface area contributed by atoms with Crippen LogP contribution >= 0.6 is 12.2 Å². The molecule has 0 fully saturated rings. The van der Waals surface area contributed by atoms with Gasteiger partial charge in [-0.2, -0.15) is 0 Å². The van der Waals surface area contributed by atoms with Gasteiger partial charge >= 0.3 is 0 Å². The molecule has 98 valence electrons. The van der Waals surface area contributed by atoms with E-state index in [1.807, 2.05) is 38.1 Å². The van der Waals surface area contributed by atoms with E-state index in [1.165, 1.54) is 0 Å². The van der Waals surface area contributed by atoms with E-state index in [4.69, 9.17) is 18.0 Å². The van der Waals surface area contributed by atoms with Gasteiger partial charge < -0.3 is 10.6 Å². The molecule has 1 aromatic carbocycles. The van der Waals surface area contributed by atoms with Crippen LogP contribution in [0.5, 0.6) is 0 Å². The summed E-state index contributed by atoms with van der Waals surface area (Å²) in [6.45, 7) is 4.07. The Morgan fingerprint density at radius 1 is 1.39 bits per heavy atom. The van der Waals surface area contributed by atoms with Crippen molar-refractivity contribution in [1.29, 1.82) is 0 Å². The molecule has 4 heteroatoms. The Labute approximate surface area is 114 Å². The summed E-state index contributed by atoms with van der Waals surface area (Å²) in [7, 11) is 1.79. The number of hydrogen-bond donors (Lipinski definition) is 1. The van der Waals surface area contributed by atoms with Gasteiger partial charge in [0, 0.05) is 24.2 Å². The molecule has 18 heavy (non-hydrogen) atoms. The molecule has 1 amide bonds. The van der Waals surface area contributed by atoms with Gasteiger partial charge in [0.25, 0.3) is 0 Å². The third-order valence-electron chi connectivity index (χ3n) is 3.18. The summed E-state index contributed by atoms with van der Waals surface area (Å²) < 4.78 is 0. The molecule has 0 saturated carbocycles. The molecule has 0 bridgehead atoms. The molecule has 0 aromatic heterocycles. The lowest BCUT2D eigenvalue weighted by molar-refractivity contribution is -0.122. The molecule has 3 nitrogen and oxygen atoms in total. The fourth-order valence-corrected chi connectivity index (χ4v) is 2.03. The fourth-order valence-electron chi connectivity index (χ4n) is 1.91. The van der Waals surface area contributed by atoms with Gasteiger partial charge in [-0.15, -0.1) is 0 Å². The van der Waals surface area contributed by atoms with Crippen molar-refractivity contribution in [2.24, 2.45) is 11.7 Å². The van der Waals surface area contributed by atoms with E-state index in [0.29, 0.717) is 4.99 Å². The Bertz CT molecular complexity index is 441. The predicted molar refractivity (Wildman–Crippen MR) is 79.8 cm³/mol. The standard InChI is InChI=1S/C14H20N2OS/c1-4-10(5-2)14(17)16(3)12-8-6-7-11(9-12)13(15)18/h6-10H,4-5H2,1-3H3,(H2,15,18). The van der Waals surface area contributed by atoms with Crippen molar-refractivity contribution in [3.63, 3.8) is 0 Å². The van der Waals surface area contributed by atoms with Gasteiger partial charge in [0.2, 0.25) is 5.91 Å². The number of benzene rings is 1. The molecule has 0 unspecified atom stereocenters. The van der Waals surface area contributed by atoms with Crippen LogP contribution in [0.2, 0.25) is 0 Å². The highest BCUT2D eigenvalue weighted by molar-refractivity contribution is 7.80. The zero-order valence-corrected chi connectivity index (χ0v) is 12.0. The monoisotopic (exact) mass is 264 g/mol. The first-order valence-electron chi connectivity index (χ1n) is 6.18. The number of nitrogens with two attached hydrogens (primary N) is 1. The number of hydrogen-bond acceptors (Lipinski definition) is 2. The summed E-state index contributed by atoms with van der Waals surface area (Å²) in [5, 5.41) is 0. The molecule has 2 N–H and O–H groups in total. The molecule has 0 aliphatic carbocycles. The third kappa shape index (κ3) is 3.29. The minimum atomic E-state index is 0.0727. The number of thiocarbonyl (C=S) groups is 1. The Balaban J connectivity index is 2.96. The predicted octanol–water partition coefficient (Wildman–Crippen LogP) is 2.72. The van der Waals surface area contributed by atoms with Crippen molar-refractivity contribution in [1.82, 2.24) is 0 Å². The molecule has 0 aliphatic rings. The van der Waals surface area contributed by atoms with E-state index >= 15 is 0 Å². The topological polar surface area (TPSA) is 46.3 Å². The van der Waals surface area contributed by atoms with Gasteiger partial charge in [0.15, 0.2) is 0 Å². The summed E-state index contributed by atoms with van der Waals surface area (Å²) >= 11 is 4.95. The van der Waals surface area contributed by atoms with Crippen LogP contribution in [0.3, 0.4) is 0 Å². The van der Waals surface area contributed by atoms with Crippen molar-refractivity contribution in [3.8, 4) is 0 Å². The molecule has 1 rings (SSSR count). The number of carbonyl (C=O) groups is 1. The molecule has 0 heterocycles. The molecular formula is C14H20N2OS. The fraction of sp³-hybridized carbons (Fsp3) is 0.429. The molecule has 1 aromatic rings. The molecule has 0 saturated heterocycles. The highest BCUT2D eigenvalue weighted by Crippen LogP contribution is 2.19. The summed E-state index contributed by atoms with van der Waals surface area (Å²) in [4.78, 5) is 14.3. The summed E-state index contributed by atoms with van der Waals surface area (Å²) in [5.41, 5.74) is 7.21. The van der Waals surface area contributed by atoms with Gasteiger partial charge in [-0.1, -0.05) is 38.2 Å². The van der Waals surface area contributed by atoms with E-state index in [9.17, 15) is 4.79 Å². The maximum absolute atomic E-state index is 12.2. The van der Waals surface area contributed by atoms with Crippen LogP contribution in [-0.2, 0) is 4.79 Å². The third-order valence-corrected chi connectivity index (χ3v) is 3.42. The van der Waals surface area contributed by atoms with Gasteiger partial charge in [-0.25, -0.2) is 0 Å². The zero-order valence-electron chi connectivity index (χ0n) is 11.1. The van der Waals surface area contributed by atoms with Crippen LogP contribution in [0, 0.1) is 5.92 Å². The maximum Gasteiger partial charge on any atom is 0.229 e. The Hall–Kier alpha value is -1.42. The lowest BCUT2D eigenvalue weighted by Gasteiger charge is -2.22. The van der Waals surface area contributed by atoms with Crippen LogP contribution in [0.1, 0.15) is 32.3 Å². The molecule has 0 aliphatic heterocycles. The molecule has 0 spiro atoms. The van der Waals surface area contributed by atoms with Gasteiger partial charge in [-0.3, -0.25) is 4.79 Å². The first kappa shape index (κ1) is 14.6. The number of anilines is 1. The summed E-state index contributed by atoms with van der Waals surface area (Å²) in [6.07, 6.45) is 1.71. The highest BCUT2D eigenvalue weighted by Gasteiger charge is 2.19. The Morgan fingerprint density at radius 2 is 2.00 bits per heavy atom. The second-order valence-electron chi connectivity index (χ2n) is 4.33. The van der Waals surface area contributed by atoms with E-state index < -0.39 is 0 Å². The zero-order chi connectivity index (χ0) is 13.7. The second kappa shape index (κ2) is 6.50. The van der Waals surface area contributed by atoms with Gasteiger partial charge in [0.1, 0.15) is 4.99 Å². The van der Waals surface area contributed by atoms with E-state index in [1.54, 1.807) is 11.9 Å². The maximum atomic E-state index is 12.2. The second-order valence-corrected chi connectivity index (χ2v) is 4.77. The van der Waals surface area contributed by atoms with E-state index in [0.717, 1.165) is 24.1 Å². The Morgan fingerprint density at radius 3 is 2.50 bits per heavy atom. The Kier molecular flexibility index (Phi) is 5.28. The largest absolute Gasteiger partial charge is 0.389 e. The van der Waals surface area contributed by atoms with Crippen molar-refractivity contribution in [3.05, 3.63) is 29.8 Å². The number of amides is 1. The average Bonchev–Trinajstić information content (AvgIpc) is 2.39. The number of rotatable bonds is 5. The van der Waals surface area contributed by atoms with Crippen LogP contribution in [0.4, 0.5) is 5.69 Å². The average molecular weight is 264 g/mol. The minimum Gasteiger partial charge on any atom is -0.389 e. The summed E-state index contributed by atoms with van der Waals surface area (Å²) in [5.74, 6) is 0.212. The quantitative estimate of drug-likeness (QED) is 0.832. The van der Waals surface area contributed by atoms with Crippen molar-refractivity contribution >= 4 is 28.8 Å². The number of nitrogens with zero attached hydrogens (tertiary/aromatic N) is 1. The van der Waals surface area contributed by atoms with Crippen LogP contribution in [-0.4, -0.2) is 17.9 Å². The molecule has 0 atom stereocenters. The normalized spacial score (nSPS) is 10.4. The van der Waals surface area contributed by atoms with Crippen LogP contribution in [0.25, 0.3) is 0 Å². The van der Waals surface area contributed by atoms with Gasteiger partial charge in [-0.05, 0) is 25.0 Å². The first-order valence-corrected chi connectivity index (χ1v) is 6.59. The molecular weight excluding hydrogens is 244 g/mol. The first-order chi connectivity index (χ1) is 8.51. The number of carbonyl (C=O) groups excluding carboxylic acids is 1. The lowest BCUT2D eigenvalue weighted by atomic mass is 10.0. The highest BCUT2D eigenvalue weighted by atomic mass is 32.1. The van der Waals surface area contributed by atoms with Gasteiger partial charge in [0.05, 0.1) is 0 Å². The van der Waals surface area contributed by atoms with Crippen LogP contribution in [0.15, 0.2) is 24.3 Å². The lowest BCUT2D eigenvalue weighted by Crippen LogP contribution is -2.32. The smallest absolute Gasteiger partial charge is 0.229 e. The van der Waals surface area contributed by atoms with Crippen molar-refractivity contribution < 1.29 is 4.79 Å². The molecule has 0 radical (unpaired) electrons. The van der Waals surface area contributed by atoms with E-state index in [2.05, 4.69) is 0 Å². The SMILES string of the molecule is CCC(CC)C(=O)N(C)c1cccc(C(N)=S)c1. The summed E-state index contributed by atoms with van der Waals surface area (Å²) in [6, 6.07) is 7.45. The van der Waals surface area contributed by atoms with Crippen molar-refractivity contribution in [2.75, 3.05) is 11.9 Å². The minimum absolute atomic E-state index is 0.0727. The van der Waals surface area contributed by atoms with E-state index in [-0.39, 0.29) is 11.8 Å².